The minimum absolute atomic E-state index is 0.226. The predicted octanol–water partition coefficient (Wildman–Crippen LogP) is 0.657. The predicted molar refractivity (Wildman–Crippen MR) is 138 cm³/mol. The molecule has 1 aliphatic rings. The summed E-state index contributed by atoms with van der Waals surface area (Å²) in [6, 6.07) is 8.02. The SMILES string of the molecule is CC(C)Cc1ccc(CNC(=O)NCCN(C)C[C@H]2O[C@@H](n3cnc4c(N)ncnc43)[C@H](O)[C@@H]2O)cc1. The molecule has 0 unspecified atom stereocenters. The molecule has 0 saturated carbocycles. The van der Waals surface area contributed by atoms with E-state index in [-0.39, 0.29) is 11.8 Å². The molecule has 2 aromatic heterocycles. The minimum Gasteiger partial charge on any atom is -0.387 e. The summed E-state index contributed by atoms with van der Waals surface area (Å²) in [4.78, 5) is 26.4. The van der Waals surface area contributed by atoms with Crippen LogP contribution in [0, 0.1) is 5.92 Å². The van der Waals surface area contributed by atoms with Gasteiger partial charge in [0.2, 0.25) is 0 Å². The molecule has 12 heteroatoms. The van der Waals surface area contributed by atoms with Gasteiger partial charge in [0.25, 0.3) is 0 Å². The first-order chi connectivity index (χ1) is 17.7. The number of benzene rings is 1. The number of aliphatic hydroxyl groups excluding tert-OH is 2. The Morgan fingerprint density at radius 3 is 2.59 bits per heavy atom. The molecule has 37 heavy (non-hydrogen) atoms. The van der Waals surface area contributed by atoms with Gasteiger partial charge in [-0.25, -0.2) is 19.7 Å². The molecule has 1 fully saturated rings. The van der Waals surface area contributed by atoms with Gasteiger partial charge in [-0.2, -0.15) is 0 Å². The molecule has 6 N–H and O–H groups in total. The van der Waals surface area contributed by atoms with E-state index in [1.54, 1.807) is 4.57 Å². The number of hydrogen-bond acceptors (Lipinski definition) is 9. The van der Waals surface area contributed by atoms with Gasteiger partial charge < -0.3 is 36.2 Å². The van der Waals surface area contributed by atoms with Crippen molar-refractivity contribution in [1.29, 1.82) is 0 Å². The first kappa shape index (κ1) is 26.7. The number of imidazole rings is 1. The second kappa shape index (κ2) is 11.8. The molecule has 0 radical (unpaired) electrons. The first-order valence-electron chi connectivity index (χ1n) is 12.5. The Labute approximate surface area is 215 Å². The maximum atomic E-state index is 12.2. The molecule has 1 aliphatic heterocycles. The van der Waals surface area contributed by atoms with Crippen LogP contribution < -0.4 is 16.4 Å². The standard InChI is InChI=1S/C25H36N8O4/c1-15(2)10-16-4-6-17(7-5-16)11-28-25(36)27-8-9-32(3)12-18-20(34)21(35)24(37-18)33-14-31-19-22(26)29-13-30-23(19)33/h4-7,13-15,18,20-21,24,34-35H,8-12H2,1-3H3,(H2,26,29,30)(H2,27,28,36)/t18-,20-,21-,24-/m1/s1. The van der Waals surface area contributed by atoms with E-state index in [1.807, 2.05) is 24.1 Å². The smallest absolute Gasteiger partial charge is 0.315 e. The van der Waals surface area contributed by atoms with Crippen molar-refractivity contribution in [2.75, 3.05) is 32.4 Å². The molecule has 1 saturated heterocycles. The Kier molecular flexibility index (Phi) is 8.54. The Morgan fingerprint density at radius 1 is 1.14 bits per heavy atom. The van der Waals surface area contributed by atoms with Crippen LogP contribution in [-0.4, -0.2) is 85.7 Å². The number of aliphatic hydroxyl groups is 2. The normalized spacial score (nSPS) is 21.7. The Hall–Kier alpha value is -3.32. The van der Waals surface area contributed by atoms with Crippen molar-refractivity contribution in [2.24, 2.45) is 5.92 Å². The van der Waals surface area contributed by atoms with Crippen molar-refractivity contribution in [1.82, 2.24) is 35.1 Å². The van der Waals surface area contributed by atoms with E-state index in [0.717, 1.165) is 12.0 Å². The molecule has 0 bridgehead atoms. The second-order valence-corrected chi connectivity index (χ2v) is 9.92. The Bertz CT molecular complexity index is 1190. The number of hydrogen-bond donors (Lipinski definition) is 5. The van der Waals surface area contributed by atoms with Crippen LogP contribution in [0.3, 0.4) is 0 Å². The Morgan fingerprint density at radius 2 is 1.86 bits per heavy atom. The maximum Gasteiger partial charge on any atom is 0.315 e. The van der Waals surface area contributed by atoms with Gasteiger partial charge in [0.1, 0.15) is 30.2 Å². The molecule has 0 spiro atoms. The van der Waals surface area contributed by atoms with Crippen LogP contribution >= 0.6 is 0 Å². The molecular weight excluding hydrogens is 476 g/mol. The number of fused-ring (bicyclic) bond motifs is 1. The summed E-state index contributed by atoms with van der Waals surface area (Å²) in [5.74, 6) is 0.832. The number of nitrogens with two attached hydrogens (primary N) is 1. The van der Waals surface area contributed by atoms with E-state index >= 15 is 0 Å². The highest BCUT2D eigenvalue weighted by atomic mass is 16.6. The number of carbonyl (C=O) groups excluding carboxylic acids is 1. The molecular formula is C25H36N8O4. The zero-order chi connectivity index (χ0) is 26.5. The number of urea groups is 1. The minimum atomic E-state index is -1.17. The van der Waals surface area contributed by atoms with Gasteiger partial charge in [-0.15, -0.1) is 0 Å². The third-order valence-electron chi connectivity index (χ3n) is 6.39. The third-order valence-corrected chi connectivity index (χ3v) is 6.39. The van der Waals surface area contributed by atoms with Crippen LogP contribution in [-0.2, 0) is 17.7 Å². The summed E-state index contributed by atoms with van der Waals surface area (Å²) in [5, 5.41) is 26.9. The van der Waals surface area contributed by atoms with E-state index in [0.29, 0.717) is 43.3 Å². The monoisotopic (exact) mass is 512 g/mol. The van der Waals surface area contributed by atoms with Gasteiger partial charge in [0.15, 0.2) is 17.7 Å². The van der Waals surface area contributed by atoms with Crippen molar-refractivity contribution in [2.45, 2.75) is 51.4 Å². The second-order valence-electron chi connectivity index (χ2n) is 9.92. The van der Waals surface area contributed by atoms with Gasteiger partial charge in [0.05, 0.1) is 6.33 Å². The summed E-state index contributed by atoms with van der Waals surface area (Å²) >= 11 is 0. The number of nitrogens with one attached hydrogen (secondary N) is 2. The molecule has 4 atom stereocenters. The summed E-state index contributed by atoms with van der Waals surface area (Å²) in [6.45, 7) is 6.12. The number of nitrogens with zero attached hydrogens (tertiary/aromatic N) is 5. The van der Waals surface area contributed by atoms with E-state index in [1.165, 1.54) is 18.2 Å². The van der Waals surface area contributed by atoms with Crippen molar-refractivity contribution in [3.8, 4) is 0 Å². The van der Waals surface area contributed by atoms with E-state index < -0.39 is 24.5 Å². The van der Waals surface area contributed by atoms with Crippen LogP contribution in [0.25, 0.3) is 11.2 Å². The lowest BCUT2D eigenvalue weighted by atomic mass is 10.0. The van der Waals surface area contributed by atoms with Crippen LogP contribution in [0.2, 0.25) is 0 Å². The van der Waals surface area contributed by atoms with Crippen molar-refractivity contribution < 1.29 is 19.7 Å². The van der Waals surface area contributed by atoms with Crippen molar-refractivity contribution >= 4 is 23.0 Å². The maximum absolute atomic E-state index is 12.2. The lowest BCUT2D eigenvalue weighted by Gasteiger charge is -2.23. The molecule has 3 heterocycles. The molecule has 1 aromatic carbocycles. The van der Waals surface area contributed by atoms with Crippen LogP contribution in [0.15, 0.2) is 36.9 Å². The van der Waals surface area contributed by atoms with Gasteiger partial charge in [-0.05, 0) is 30.5 Å². The number of aromatic nitrogens is 4. The molecule has 3 aromatic rings. The van der Waals surface area contributed by atoms with Gasteiger partial charge >= 0.3 is 6.03 Å². The number of likely N-dealkylation sites (N-methyl/N-ethyl adjacent to an activating group) is 1. The topological polar surface area (TPSA) is 164 Å². The molecule has 12 nitrogen and oxygen atoms in total. The van der Waals surface area contributed by atoms with E-state index in [4.69, 9.17) is 10.5 Å². The fourth-order valence-corrected chi connectivity index (χ4v) is 4.43. The average Bonchev–Trinajstić information content (AvgIpc) is 3.41. The average molecular weight is 513 g/mol. The lowest BCUT2D eigenvalue weighted by molar-refractivity contribution is -0.0420. The van der Waals surface area contributed by atoms with Crippen LogP contribution in [0.1, 0.15) is 31.2 Å². The van der Waals surface area contributed by atoms with Gasteiger partial charge in [-0.1, -0.05) is 38.1 Å². The van der Waals surface area contributed by atoms with Crippen LogP contribution in [0.4, 0.5) is 10.6 Å². The van der Waals surface area contributed by atoms with Gasteiger partial charge in [-0.3, -0.25) is 4.57 Å². The molecule has 4 rings (SSSR count). The number of amides is 2. The highest BCUT2D eigenvalue weighted by Gasteiger charge is 2.44. The number of anilines is 1. The highest BCUT2D eigenvalue weighted by molar-refractivity contribution is 5.81. The third kappa shape index (κ3) is 6.52. The molecule has 200 valence electrons. The number of ether oxygens (including phenoxy) is 1. The summed E-state index contributed by atoms with van der Waals surface area (Å²) in [5.41, 5.74) is 8.99. The molecule has 0 aliphatic carbocycles. The quantitative estimate of drug-likeness (QED) is 0.262. The summed E-state index contributed by atoms with van der Waals surface area (Å²) in [7, 11) is 1.86. The number of rotatable bonds is 10. The molecule has 2 amide bonds. The largest absolute Gasteiger partial charge is 0.387 e. The summed E-state index contributed by atoms with van der Waals surface area (Å²) < 4.78 is 7.52. The first-order valence-corrected chi connectivity index (χ1v) is 12.5. The number of nitrogen functional groups attached to an aromatic ring is 1. The zero-order valence-electron chi connectivity index (χ0n) is 21.4. The summed E-state index contributed by atoms with van der Waals surface area (Å²) in [6.07, 6.45) is 0.0264. The fraction of sp³-hybridized carbons (Fsp3) is 0.520. The zero-order valence-corrected chi connectivity index (χ0v) is 21.4. The number of carbonyl (C=O) groups is 1. The van der Waals surface area contributed by atoms with E-state index in [2.05, 4.69) is 51.6 Å². The highest BCUT2D eigenvalue weighted by Crippen LogP contribution is 2.32. The van der Waals surface area contributed by atoms with Crippen LogP contribution in [0.5, 0.6) is 0 Å². The van der Waals surface area contributed by atoms with E-state index in [9.17, 15) is 15.0 Å². The van der Waals surface area contributed by atoms with Crippen molar-refractivity contribution in [3.63, 3.8) is 0 Å². The van der Waals surface area contributed by atoms with Gasteiger partial charge in [0, 0.05) is 26.2 Å². The van der Waals surface area contributed by atoms with Crippen molar-refractivity contribution in [3.05, 3.63) is 48.0 Å². The fourth-order valence-electron chi connectivity index (χ4n) is 4.43. The Balaban J connectivity index is 1.20. The lowest BCUT2D eigenvalue weighted by Crippen LogP contribution is -2.43.